The van der Waals surface area contributed by atoms with Gasteiger partial charge in [0.1, 0.15) is 9.88 Å². The van der Waals surface area contributed by atoms with Crippen LogP contribution in [0.15, 0.2) is 6.20 Å². The lowest BCUT2D eigenvalue weighted by molar-refractivity contribution is -0.134. The van der Waals surface area contributed by atoms with Crippen molar-refractivity contribution < 1.29 is 13.2 Å². The van der Waals surface area contributed by atoms with Gasteiger partial charge in [0.25, 0.3) is 0 Å². The molecule has 0 aliphatic carbocycles. The maximum absolute atomic E-state index is 12.5. The van der Waals surface area contributed by atoms with Crippen molar-refractivity contribution in [2.24, 2.45) is 5.92 Å². The van der Waals surface area contributed by atoms with Crippen LogP contribution in [0.3, 0.4) is 0 Å². The zero-order valence-electron chi connectivity index (χ0n) is 11.5. The second-order valence-electron chi connectivity index (χ2n) is 5.14. The average Bonchev–Trinajstić information content (AvgIpc) is 2.86. The Morgan fingerprint density at radius 1 is 1.40 bits per heavy atom. The molecule has 1 saturated heterocycles. The van der Waals surface area contributed by atoms with Gasteiger partial charge in [-0.2, -0.15) is 13.2 Å². The molecule has 0 unspecified atom stereocenters. The summed E-state index contributed by atoms with van der Waals surface area (Å²) < 4.78 is 37.5. The van der Waals surface area contributed by atoms with Gasteiger partial charge in [-0.25, -0.2) is 4.98 Å². The third-order valence-electron chi connectivity index (χ3n) is 3.58. The number of nitrogens with one attached hydrogen (secondary N) is 1. The van der Waals surface area contributed by atoms with Gasteiger partial charge < -0.3 is 5.32 Å². The number of halogens is 3. The fourth-order valence-corrected chi connectivity index (χ4v) is 3.23. The monoisotopic (exact) mass is 307 g/mol. The first-order valence-electron chi connectivity index (χ1n) is 6.94. The highest BCUT2D eigenvalue weighted by Gasteiger charge is 2.33. The Bertz CT molecular complexity index is 411. The molecule has 1 aliphatic rings. The third-order valence-corrected chi connectivity index (χ3v) is 4.61. The zero-order chi connectivity index (χ0) is 14.6. The molecule has 0 amide bonds. The predicted octanol–water partition coefficient (Wildman–Crippen LogP) is 2.98. The van der Waals surface area contributed by atoms with E-state index >= 15 is 0 Å². The van der Waals surface area contributed by atoms with E-state index in [4.69, 9.17) is 0 Å². The SMILES string of the molecule is CCNCC1CCN(Cc2ncc(C(F)(F)F)s2)CC1. The molecule has 1 aromatic rings. The van der Waals surface area contributed by atoms with Gasteiger partial charge in [-0.3, -0.25) is 4.90 Å². The van der Waals surface area contributed by atoms with Crippen molar-refractivity contribution in [3.63, 3.8) is 0 Å². The van der Waals surface area contributed by atoms with Crippen LogP contribution >= 0.6 is 11.3 Å². The predicted molar refractivity (Wildman–Crippen MR) is 73.7 cm³/mol. The molecule has 0 aromatic carbocycles. The van der Waals surface area contributed by atoms with Crippen LogP contribution in [0.5, 0.6) is 0 Å². The van der Waals surface area contributed by atoms with Crippen LogP contribution in [0.1, 0.15) is 29.7 Å². The standard InChI is InChI=1S/C13H20F3N3S/c1-2-17-7-10-3-5-19(6-4-10)9-12-18-8-11(20-12)13(14,15)16/h8,10,17H,2-7,9H2,1H3. The minimum absolute atomic E-state index is 0.536. The maximum Gasteiger partial charge on any atom is 0.427 e. The van der Waals surface area contributed by atoms with E-state index in [1.54, 1.807) is 0 Å². The second-order valence-corrected chi connectivity index (χ2v) is 6.26. The van der Waals surface area contributed by atoms with Gasteiger partial charge in [-0.1, -0.05) is 6.92 Å². The van der Waals surface area contributed by atoms with Crippen LogP contribution in [-0.4, -0.2) is 36.1 Å². The third kappa shape index (κ3) is 4.43. The summed E-state index contributed by atoms with van der Waals surface area (Å²) in [6.45, 7) is 6.54. The molecule has 1 aromatic heterocycles. The molecule has 7 heteroatoms. The van der Waals surface area contributed by atoms with E-state index in [1.807, 2.05) is 0 Å². The molecular formula is C13H20F3N3S. The van der Waals surface area contributed by atoms with Crippen molar-refractivity contribution in [1.29, 1.82) is 0 Å². The highest BCUT2D eigenvalue weighted by molar-refractivity contribution is 7.11. The average molecular weight is 307 g/mol. The van der Waals surface area contributed by atoms with Crippen molar-refractivity contribution in [1.82, 2.24) is 15.2 Å². The van der Waals surface area contributed by atoms with E-state index in [1.165, 1.54) is 0 Å². The summed E-state index contributed by atoms with van der Waals surface area (Å²) in [6.07, 6.45) is -1.12. The fraction of sp³-hybridized carbons (Fsp3) is 0.769. The number of hydrogen-bond acceptors (Lipinski definition) is 4. The van der Waals surface area contributed by atoms with Crippen molar-refractivity contribution >= 4 is 11.3 Å². The molecule has 1 N–H and O–H groups in total. The van der Waals surface area contributed by atoms with E-state index in [9.17, 15) is 13.2 Å². The molecule has 0 bridgehead atoms. The second kappa shape index (κ2) is 6.87. The first-order valence-corrected chi connectivity index (χ1v) is 7.75. The first kappa shape index (κ1) is 15.7. The number of piperidine rings is 1. The van der Waals surface area contributed by atoms with E-state index in [2.05, 4.69) is 22.1 Å². The molecule has 20 heavy (non-hydrogen) atoms. The highest BCUT2D eigenvalue weighted by Crippen LogP contribution is 2.33. The summed E-state index contributed by atoms with van der Waals surface area (Å²) in [7, 11) is 0. The fourth-order valence-electron chi connectivity index (χ4n) is 2.40. The largest absolute Gasteiger partial charge is 0.427 e. The molecule has 2 heterocycles. The molecular weight excluding hydrogens is 287 g/mol. The Hall–Kier alpha value is -0.660. The van der Waals surface area contributed by atoms with E-state index in [-0.39, 0.29) is 0 Å². The Morgan fingerprint density at radius 2 is 2.10 bits per heavy atom. The lowest BCUT2D eigenvalue weighted by Gasteiger charge is -2.31. The molecule has 0 radical (unpaired) electrons. The molecule has 114 valence electrons. The minimum Gasteiger partial charge on any atom is -0.317 e. The van der Waals surface area contributed by atoms with Gasteiger partial charge in [-0.05, 0) is 44.9 Å². The number of alkyl halides is 3. The topological polar surface area (TPSA) is 28.2 Å². The van der Waals surface area contributed by atoms with Gasteiger partial charge in [0.15, 0.2) is 0 Å². The Morgan fingerprint density at radius 3 is 2.65 bits per heavy atom. The van der Waals surface area contributed by atoms with Gasteiger partial charge in [0.05, 0.1) is 12.7 Å². The lowest BCUT2D eigenvalue weighted by Crippen LogP contribution is -2.36. The summed E-state index contributed by atoms with van der Waals surface area (Å²) in [5.74, 6) is 0.688. The Kier molecular flexibility index (Phi) is 5.40. The van der Waals surface area contributed by atoms with E-state index < -0.39 is 11.1 Å². The number of thiazole rings is 1. The van der Waals surface area contributed by atoms with Crippen molar-refractivity contribution in [3.05, 3.63) is 16.1 Å². The smallest absolute Gasteiger partial charge is 0.317 e. The Labute approximate surface area is 121 Å². The summed E-state index contributed by atoms with van der Waals surface area (Å²) >= 11 is 0.758. The van der Waals surface area contributed by atoms with Gasteiger partial charge in [0, 0.05) is 0 Å². The highest BCUT2D eigenvalue weighted by atomic mass is 32.1. The first-order chi connectivity index (χ1) is 9.49. The van der Waals surface area contributed by atoms with Crippen LogP contribution in [0.25, 0.3) is 0 Å². The van der Waals surface area contributed by atoms with Gasteiger partial charge in [-0.15, -0.1) is 11.3 Å². The minimum atomic E-state index is -4.27. The molecule has 0 saturated carbocycles. The van der Waals surface area contributed by atoms with Crippen molar-refractivity contribution in [3.8, 4) is 0 Å². The molecule has 3 nitrogen and oxygen atoms in total. The summed E-state index contributed by atoms with van der Waals surface area (Å²) in [5.41, 5.74) is 0. The molecule has 1 aliphatic heterocycles. The number of nitrogens with zero attached hydrogens (tertiary/aromatic N) is 2. The molecule has 2 rings (SSSR count). The lowest BCUT2D eigenvalue weighted by atomic mass is 9.97. The summed E-state index contributed by atoms with van der Waals surface area (Å²) in [4.78, 5) is 5.48. The van der Waals surface area contributed by atoms with Gasteiger partial charge in [0.2, 0.25) is 0 Å². The number of hydrogen-bond donors (Lipinski definition) is 1. The van der Waals surface area contributed by atoms with Gasteiger partial charge >= 0.3 is 6.18 Å². The van der Waals surface area contributed by atoms with Crippen LogP contribution in [0, 0.1) is 5.92 Å². The zero-order valence-corrected chi connectivity index (χ0v) is 12.4. The Balaban J connectivity index is 1.79. The normalized spacial score (nSPS) is 18.6. The quantitative estimate of drug-likeness (QED) is 0.906. The molecule has 1 fully saturated rings. The molecule has 0 atom stereocenters. The number of aromatic nitrogens is 1. The maximum atomic E-state index is 12.5. The van der Waals surface area contributed by atoms with Crippen LogP contribution < -0.4 is 5.32 Å². The van der Waals surface area contributed by atoms with Crippen LogP contribution in [0.2, 0.25) is 0 Å². The number of likely N-dealkylation sites (tertiary alicyclic amines) is 1. The number of rotatable bonds is 5. The summed E-state index contributed by atoms with van der Waals surface area (Å²) in [6, 6.07) is 0. The van der Waals surface area contributed by atoms with Crippen molar-refractivity contribution in [2.75, 3.05) is 26.2 Å². The van der Waals surface area contributed by atoms with E-state index in [0.29, 0.717) is 17.5 Å². The summed E-state index contributed by atoms with van der Waals surface area (Å²) in [5, 5.41) is 3.91. The molecule has 0 spiro atoms. The van der Waals surface area contributed by atoms with Crippen LogP contribution in [-0.2, 0) is 12.7 Å². The van der Waals surface area contributed by atoms with E-state index in [0.717, 1.165) is 56.6 Å². The van der Waals surface area contributed by atoms with Crippen molar-refractivity contribution in [2.45, 2.75) is 32.5 Å². The van der Waals surface area contributed by atoms with Crippen LogP contribution in [0.4, 0.5) is 13.2 Å².